The smallest absolute Gasteiger partial charge is 0.338 e. The monoisotopic (exact) mass is 468 g/mol. The van der Waals surface area contributed by atoms with Gasteiger partial charge in [-0.1, -0.05) is 19.1 Å². The van der Waals surface area contributed by atoms with E-state index in [4.69, 9.17) is 4.74 Å². The number of aliphatic hydroxyl groups excluding tert-OH is 1. The Balaban J connectivity index is 1.94. The van der Waals surface area contributed by atoms with E-state index in [-0.39, 0.29) is 16.4 Å². The minimum Gasteiger partial charge on any atom is -0.462 e. The molecule has 1 N–H and O–H groups in total. The third-order valence-corrected chi connectivity index (χ3v) is 7.73. The van der Waals surface area contributed by atoms with Gasteiger partial charge in [-0.2, -0.15) is 0 Å². The van der Waals surface area contributed by atoms with Crippen molar-refractivity contribution < 1.29 is 23.1 Å². The van der Waals surface area contributed by atoms with Crippen molar-refractivity contribution in [3.05, 3.63) is 59.8 Å². The zero-order valence-electron chi connectivity index (χ0n) is 18.8. The van der Waals surface area contributed by atoms with E-state index in [0.717, 1.165) is 18.4 Å². The van der Waals surface area contributed by atoms with E-state index in [1.807, 2.05) is 24.0 Å². The number of β-amino-alcohol motifs (C(OH)–C–C–N with tert-alkyl or cyclic N) is 1. The first-order valence-corrected chi connectivity index (χ1v) is 12.7. The molecule has 0 radical (unpaired) electrons. The number of rotatable bonds is 6. The molecule has 1 saturated heterocycles. The molecule has 0 amide bonds. The number of pyridine rings is 1. The van der Waals surface area contributed by atoms with Gasteiger partial charge in [-0.05, 0) is 62.1 Å². The van der Waals surface area contributed by atoms with E-state index in [1.54, 1.807) is 37.3 Å². The van der Waals surface area contributed by atoms with Crippen molar-refractivity contribution in [2.75, 3.05) is 24.6 Å². The van der Waals surface area contributed by atoms with Crippen molar-refractivity contribution in [2.24, 2.45) is 0 Å². The summed E-state index contributed by atoms with van der Waals surface area (Å²) in [6, 6.07) is 11.8. The molecule has 7 nitrogen and oxygen atoms in total. The number of carbonyl (C=O) groups excluding carboxylic acids is 1. The molecule has 0 bridgehead atoms. The zero-order valence-corrected chi connectivity index (χ0v) is 19.6. The molecule has 174 valence electrons. The average Bonchev–Trinajstić information content (AvgIpc) is 2.83. The Kier molecular flexibility index (Phi) is 6.67. The number of sulfone groups is 1. The molecule has 1 unspecified atom stereocenters. The Hall–Kier alpha value is -2.97. The average molecular weight is 469 g/mol. The van der Waals surface area contributed by atoms with Crippen LogP contribution in [0.15, 0.2) is 58.5 Å². The molecule has 2 aromatic carbocycles. The lowest BCUT2D eigenvalue weighted by molar-refractivity contribution is 0.0526. The van der Waals surface area contributed by atoms with E-state index in [0.29, 0.717) is 41.7 Å². The van der Waals surface area contributed by atoms with Gasteiger partial charge in [-0.15, -0.1) is 0 Å². The predicted octanol–water partition coefficient (Wildman–Crippen LogP) is 3.77. The third-order valence-electron chi connectivity index (χ3n) is 5.96. The van der Waals surface area contributed by atoms with Crippen molar-refractivity contribution in [3.8, 4) is 0 Å². The van der Waals surface area contributed by atoms with Crippen LogP contribution >= 0.6 is 0 Å². The summed E-state index contributed by atoms with van der Waals surface area (Å²) in [5.41, 5.74) is 2.40. The molecular weight excluding hydrogens is 440 g/mol. The molecule has 8 heteroatoms. The summed E-state index contributed by atoms with van der Waals surface area (Å²) < 4.78 is 32.6. The number of hydrogen-bond donors (Lipinski definition) is 1. The number of piperidine rings is 1. The molecule has 0 spiro atoms. The van der Waals surface area contributed by atoms with Crippen molar-refractivity contribution in [1.29, 1.82) is 0 Å². The van der Waals surface area contributed by atoms with Crippen LogP contribution in [0, 0.1) is 0 Å². The molecule has 1 aromatic heterocycles. The number of carbonyl (C=O) groups is 1. The van der Waals surface area contributed by atoms with Crippen LogP contribution < -0.4 is 4.90 Å². The van der Waals surface area contributed by atoms with Gasteiger partial charge in [-0.25, -0.2) is 13.2 Å². The maximum Gasteiger partial charge on any atom is 0.338 e. The number of nitrogens with zero attached hydrogens (tertiary/aromatic N) is 2. The van der Waals surface area contributed by atoms with E-state index in [1.165, 1.54) is 6.20 Å². The fraction of sp³-hybridized carbons (Fsp3) is 0.360. The van der Waals surface area contributed by atoms with E-state index in [9.17, 15) is 18.3 Å². The van der Waals surface area contributed by atoms with Gasteiger partial charge < -0.3 is 14.7 Å². The van der Waals surface area contributed by atoms with Crippen LogP contribution in [-0.4, -0.2) is 50.3 Å². The van der Waals surface area contributed by atoms with Gasteiger partial charge in [0.15, 0.2) is 0 Å². The van der Waals surface area contributed by atoms with Crippen molar-refractivity contribution in [1.82, 2.24) is 4.98 Å². The lowest BCUT2D eigenvalue weighted by Gasteiger charge is -2.34. The predicted molar refractivity (Wildman–Crippen MR) is 126 cm³/mol. The van der Waals surface area contributed by atoms with Crippen LogP contribution in [0.5, 0.6) is 0 Å². The summed E-state index contributed by atoms with van der Waals surface area (Å²) in [6.45, 7) is 4.88. The molecule has 1 atom stereocenters. The Morgan fingerprint density at radius 1 is 1.18 bits per heavy atom. The van der Waals surface area contributed by atoms with Crippen LogP contribution in [-0.2, 0) is 21.0 Å². The van der Waals surface area contributed by atoms with Gasteiger partial charge >= 0.3 is 5.97 Å². The summed E-state index contributed by atoms with van der Waals surface area (Å²) in [4.78, 5) is 18.9. The molecule has 3 aromatic rings. The molecule has 1 aliphatic heterocycles. The first kappa shape index (κ1) is 23.2. The molecule has 1 aliphatic rings. The molecular formula is C25H28N2O5S. The number of aromatic nitrogens is 1. The highest BCUT2D eigenvalue weighted by atomic mass is 32.2. The molecule has 4 rings (SSSR count). The number of hydrogen-bond acceptors (Lipinski definition) is 7. The number of ether oxygens (including phenoxy) is 1. The maximum absolute atomic E-state index is 13.7. The minimum absolute atomic E-state index is 0.0642. The van der Waals surface area contributed by atoms with E-state index in [2.05, 4.69) is 4.98 Å². The second-order valence-corrected chi connectivity index (χ2v) is 10.1. The SMILES string of the molecule is CCOC(=O)c1ccc2ncc(S(=O)(=O)c3ccc(CC)cc3)c(N3CCCC(O)C3)c2c1. The number of benzene rings is 2. The number of aliphatic hydroxyl groups is 1. The quantitative estimate of drug-likeness (QED) is 0.550. The molecule has 0 saturated carbocycles. The molecule has 0 aliphatic carbocycles. The first-order valence-electron chi connectivity index (χ1n) is 11.2. The number of aryl methyl sites for hydroxylation is 1. The van der Waals surface area contributed by atoms with Gasteiger partial charge in [-0.3, -0.25) is 4.98 Å². The summed E-state index contributed by atoms with van der Waals surface area (Å²) >= 11 is 0. The van der Waals surface area contributed by atoms with Gasteiger partial charge in [0.1, 0.15) is 4.90 Å². The third kappa shape index (κ3) is 4.58. The Morgan fingerprint density at radius 3 is 2.61 bits per heavy atom. The second-order valence-electron chi connectivity index (χ2n) is 8.17. The topological polar surface area (TPSA) is 96.8 Å². The highest BCUT2D eigenvalue weighted by Gasteiger charge is 2.29. The lowest BCUT2D eigenvalue weighted by Crippen LogP contribution is -2.39. The second kappa shape index (κ2) is 9.49. The molecule has 33 heavy (non-hydrogen) atoms. The largest absolute Gasteiger partial charge is 0.462 e. The van der Waals surface area contributed by atoms with Gasteiger partial charge in [0.25, 0.3) is 0 Å². The number of esters is 1. The Morgan fingerprint density at radius 2 is 1.94 bits per heavy atom. The van der Waals surface area contributed by atoms with Gasteiger partial charge in [0.2, 0.25) is 9.84 Å². The first-order chi connectivity index (χ1) is 15.8. The normalized spacial score (nSPS) is 16.7. The minimum atomic E-state index is -3.90. The fourth-order valence-electron chi connectivity index (χ4n) is 4.21. The van der Waals surface area contributed by atoms with Crippen LogP contribution in [0.3, 0.4) is 0 Å². The molecule has 1 fully saturated rings. The van der Waals surface area contributed by atoms with Crippen molar-refractivity contribution >= 4 is 32.4 Å². The van der Waals surface area contributed by atoms with Crippen LogP contribution in [0.1, 0.15) is 42.6 Å². The maximum atomic E-state index is 13.7. The van der Waals surface area contributed by atoms with E-state index >= 15 is 0 Å². The Bertz CT molecular complexity index is 1270. The van der Waals surface area contributed by atoms with Crippen LogP contribution in [0.25, 0.3) is 10.9 Å². The Labute approximate surface area is 193 Å². The molecule has 2 heterocycles. The van der Waals surface area contributed by atoms with Crippen molar-refractivity contribution in [3.63, 3.8) is 0 Å². The number of anilines is 1. The summed E-state index contributed by atoms with van der Waals surface area (Å²) in [7, 11) is -3.90. The summed E-state index contributed by atoms with van der Waals surface area (Å²) in [6.07, 6.45) is 3.02. The van der Waals surface area contributed by atoms with Crippen molar-refractivity contribution in [2.45, 2.75) is 49.0 Å². The van der Waals surface area contributed by atoms with Crippen LogP contribution in [0.2, 0.25) is 0 Å². The number of fused-ring (bicyclic) bond motifs is 1. The summed E-state index contributed by atoms with van der Waals surface area (Å²) in [5.74, 6) is -0.479. The lowest BCUT2D eigenvalue weighted by atomic mass is 10.0. The highest BCUT2D eigenvalue weighted by Crippen LogP contribution is 2.37. The fourth-order valence-corrected chi connectivity index (χ4v) is 5.65. The summed E-state index contributed by atoms with van der Waals surface area (Å²) in [5, 5.41) is 10.9. The van der Waals surface area contributed by atoms with E-state index < -0.39 is 21.9 Å². The standard InChI is InChI=1S/C25H28N2O5S/c1-3-17-7-10-20(11-8-17)33(30,31)23-15-26-22-12-9-18(25(29)32-4-2)14-21(22)24(23)27-13-5-6-19(28)16-27/h7-12,14-15,19,28H,3-6,13,16H2,1-2H3. The highest BCUT2D eigenvalue weighted by molar-refractivity contribution is 7.91. The van der Waals surface area contributed by atoms with Gasteiger partial charge in [0.05, 0.1) is 34.4 Å². The zero-order chi connectivity index (χ0) is 23.6. The van der Waals surface area contributed by atoms with Gasteiger partial charge in [0, 0.05) is 24.7 Å². The van der Waals surface area contributed by atoms with Crippen LogP contribution in [0.4, 0.5) is 5.69 Å².